The van der Waals surface area contributed by atoms with Gasteiger partial charge in [0.25, 0.3) is 0 Å². The Bertz CT molecular complexity index is 300. The molecule has 0 saturated heterocycles. The summed E-state index contributed by atoms with van der Waals surface area (Å²) >= 11 is 0. The highest BCUT2D eigenvalue weighted by molar-refractivity contribution is 5.60. The number of hydrogen-bond donors (Lipinski definition) is 1. The highest BCUT2D eigenvalue weighted by atomic mass is 16.5. The number of nitrogens with zero attached hydrogens (tertiary/aromatic N) is 2. The summed E-state index contributed by atoms with van der Waals surface area (Å²) < 4.78 is 4.97. The predicted octanol–water partition coefficient (Wildman–Crippen LogP) is 2.14. The van der Waals surface area contributed by atoms with Gasteiger partial charge in [0.2, 0.25) is 5.88 Å². The zero-order valence-electron chi connectivity index (χ0n) is 9.40. The van der Waals surface area contributed by atoms with Gasteiger partial charge in [-0.25, -0.2) is 4.98 Å². The summed E-state index contributed by atoms with van der Waals surface area (Å²) in [4.78, 5) is 4.12. The fourth-order valence-corrected chi connectivity index (χ4v) is 1.28. The third-order valence-electron chi connectivity index (χ3n) is 2.03. The second kappa shape index (κ2) is 6.01. The molecule has 1 aromatic rings. The summed E-state index contributed by atoms with van der Waals surface area (Å²) in [6, 6.07) is 4.13. The van der Waals surface area contributed by atoms with E-state index in [1.807, 2.05) is 38.4 Å². The quantitative estimate of drug-likeness (QED) is 0.808. The van der Waals surface area contributed by atoms with Crippen molar-refractivity contribution in [1.82, 2.24) is 10.4 Å². The number of pyridine rings is 1. The van der Waals surface area contributed by atoms with Crippen LogP contribution in [0, 0.1) is 0 Å². The number of rotatable bonds is 2. The van der Waals surface area contributed by atoms with Crippen molar-refractivity contribution in [3.63, 3.8) is 0 Å². The number of ether oxygens (including phenoxy) is 1. The first kappa shape index (κ1) is 11.5. The smallest absolute Gasteiger partial charge is 0.212 e. The minimum absolute atomic E-state index is 0.276. The molecule has 2 rings (SSSR count). The minimum Gasteiger partial charge on any atom is -0.481 e. The molecule has 0 aliphatic carbocycles. The molecule has 0 bridgehead atoms. The van der Waals surface area contributed by atoms with Gasteiger partial charge in [0.1, 0.15) is 0 Å². The molecule has 2 heterocycles. The molecule has 1 atom stereocenters. The molecular formula is C11H17N3O. The Morgan fingerprint density at radius 3 is 2.67 bits per heavy atom. The molecule has 0 spiro atoms. The van der Waals surface area contributed by atoms with E-state index < -0.39 is 0 Å². The predicted molar refractivity (Wildman–Crippen MR) is 61.1 cm³/mol. The summed E-state index contributed by atoms with van der Waals surface area (Å²) in [6.07, 6.45) is 4.61. The first-order valence-electron chi connectivity index (χ1n) is 5.17. The van der Waals surface area contributed by atoms with E-state index in [-0.39, 0.29) is 6.04 Å². The minimum atomic E-state index is 0.276. The normalized spacial score (nSPS) is 17.7. The lowest BCUT2D eigenvalue weighted by Gasteiger charge is -2.09. The highest BCUT2D eigenvalue weighted by Crippen LogP contribution is 2.19. The fraction of sp³-hybridized carbons (Fsp3) is 0.455. The van der Waals surface area contributed by atoms with Crippen LogP contribution in [-0.4, -0.2) is 18.3 Å². The molecule has 0 fully saturated rings. The van der Waals surface area contributed by atoms with Gasteiger partial charge in [0, 0.05) is 24.9 Å². The summed E-state index contributed by atoms with van der Waals surface area (Å²) in [5, 5.41) is 3.95. The molecule has 82 valence electrons. The third kappa shape index (κ3) is 2.94. The van der Waals surface area contributed by atoms with Crippen LogP contribution in [0.15, 0.2) is 23.4 Å². The molecule has 1 aliphatic rings. The Morgan fingerprint density at radius 2 is 2.20 bits per heavy atom. The van der Waals surface area contributed by atoms with Gasteiger partial charge in [-0.05, 0) is 11.6 Å². The Morgan fingerprint density at radius 1 is 1.40 bits per heavy atom. The van der Waals surface area contributed by atoms with Gasteiger partial charge in [-0.3, -0.25) is 0 Å². The Labute approximate surface area is 90.4 Å². The van der Waals surface area contributed by atoms with Gasteiger partial charge in [-0.2, -0.15) is 5.10 Å². The monoisotopic (exact) mass is 207 g/mol. The van der Waals surface area contributed by atoms with Gasteiger partial charge < -0.3 is 10.2 Å². The van der Waals surface area contributed by atoms with Gasteiger partial charge >= 0.3 is 0 Å². The lowest BCUT2D eigenvalue weighted by atomic mass is 10.1. The Balaban J connectivity index is 0.000000531. The maximum atomic E-state index is 4.97. The number of methoxy groups -OCH3 is 1. The summed E-state index contributed by atoms with van der Waals surface area (Å²) in [7, 11) is 1.61. The number of aromatic nitrogens is 1. The first-order valence-corrected chi connectivity index (χ1v) is 5.17. The maximum Gasteiger partial charge on any atom is 0.212 e. The lowest BCUT2D eigenvalue weighted by molar-refractivity contribution is 0.397. The molecule has 0 amide bonds. The van der Waals surface area contributed by atoms with Crippen molar-refractivity contribution < 1.29 is 4.74 Å². The Hall–Kier alpha value is -1.58. The van der Waals surface area contributed by atoms with Crippen LogP contribution >= 0.6 is 0 Å². The summed E-state index contributed by atoms with van der Waals surface area (Å²) in [5.74, 6) is 0.641. The van der Waals surface area contributed by atoms with Crippen LogP contribution in [0.4, 0.5) is 0 Å². The first-order chi connectivity index (χ1) is 7.40. The number of hydrazone groups is 1. The molecule has 1 aromatic heterocycles. The van der Waals surface area contributed by atoms with E-state index in [2.05, 4.69) is 15.5 Å². The Kier molecular flexibility index (Phi) is 4.60. The van der Waals surface area contributed by atoms with Crippen LogP contribution in [-0.2, 0) is 0 Å². The molecule has 0 radical (unpaired) electrons. The van der Waals surface area contributed by atoms with E-state index >= 15 is 0 Å². The van der Waals surface area contributed by atoms with Crippen molar-refractivity contribution >= 4 is 6.21 Å². The van der Waals surface area contributed by atoms with E-state index in [0.29, 0.717) is 5.88 Å². The van der Waals surface area contributed by atoms with E-state index in [9.17, 15) is 0 Å². The SMILES string of the molecule is CC.COc1ccc(C2CC=NN2)cn1. The third-order valence-corrected chi connectivity index (χ3v) is 2.03. The van der Waals surface area contributed by atoms with Gasteiger partial charge in [0.15, 0.2) is 0 Å². The fourth-order valence-electron chi connectivity index (χ4n) is 1.28. The second-order valence-corrected chi connectivity index (χ2v) is 2.86. The second-order valence-electron chi connectivity index (χ2n) is 2.86. The van der Waals surface area contributed by atoms with Gasteiger partial charge in [0.05, 0.1) is 13.2 Å². The van der Waals surface area contributed by atoms with Crippen molar-refractivity contribution in [2.24, 2.45) is 5.10 Å². The maximum absolute atomic E-state index is 4.97. The molecule has 1 unspecified atom stereocenters. The molecule has 0 aromatic carbocycles. The van der Waals surface area contributed by atoms with Crippen LogP contribution < -0.4 is 10.2 Å². The molecule has 4 heteroatoms. The molecular weight excluding hydrogens is 190 g/mol. The topological polar surface area (TPSA) is 46.5 Å². The van der Waals surface area contributed by atoms with E-state index in [0.717, 1.165) is 12.0 Å². The molecule has 4 nitrogen and oxygen atoms in total. The zero-order valence-corrected chi connectivity index (χ0v) is 9.40. The molecule has 1 N–H and O–H groups in total. The average molecular weight is 207 g/mol. The van der Waals surface area contributed by atoms with Crippen molar-refractivity contribution in [1.29, 1.82) is 0 Å². The van der Waals surface area contributed by atoms with Crippen LogP contribution in [0.25, 0.3) is 0 Å². The van der Waals surface area contributed by atoms with Crippen molar-refractivity contribution in [2.45, 2.75) is 26.3 Å². The van der Waals surface area contributed by atoms with Crippen LogP contribution in [0.2, 0.25) is 0 Å². The molecule has 0 saturated carbocycles. The van der Waals surface area contributed by atoms with Crippen LogP contribution in [0.5, 0.6) is 5.88 Å². The average Bonchev–Trinajstić information content (AvgIpc) is 2.85. The van der Waals surface area contributed by atoms with Crippen LogP contribution in [0.1, 0.15) is 31.9 Å². The largest absolute Gasteiger partial charge is 0.481 e. The molecule has 15 heavy (non-hydrogen) atoms. The standard InChI is InChI=1S/C9H11N3O.C2H6/c1-13-9-3-2-7(6-10-9)8-4-5-11-12-8;1-2/h2-3,5-6,8,12H,4H2,1H3;1-2H3. The van der Waals surface area contributed by atoms with Gasteiger partial charge in [-0.15, -0.1) is 0 Å². The van der Waals surface area contributed by atoms with Crippen LogP contribution in [0.3, 0.4) is 0 Å². The number of nitrogens with one attached hydrogen (secondary N) is 1. The summed E-state index contributed by atoms with van der Waals surface area (Å²) in [6.45, 7) is 4.00. The van der Waals surface area contributed by atoms with Crippen molar-refractivity contribution in [3.8, 4) is 5.88 Å². The van der Waals surface area contributed by atoms with E-state index in [1.165, 1.54) is 0 Å². The summed E-state index contributed by atoms with van der Waals surface area (Å²) in [5.41, 5.74) is 4.14. The number of hydrogen-bond acceptors (Lipinski definition) is 4. The van der Waals surface area contributed by atoms with Crippen molar-refractivity contribution in [3.05, 3.63) is 23.9 Å². The zero-order chi connectivity index (χ0) is 11.1. The van der Waals surface area contributed by atoms with Crippen molar-refractivity contribution in [2.75, 3.05) is 7.11 Å². The lowest BCUT2D eigenvalue weighted by Crippen LogP contribution is -2.09. The highest BCUT2D eigenvalue weighted by Gasteiger charge is 2.12. The van der Waals surface area contributed by atoms with E-state index in [4.69, 9.17) is 4.74 Å². The molecule has 1 aliphatic heterocycles. The van der Waals surface area contributed by atoms with Gasteiger partial charge in [-0.1, -0.05) is 13.8 Å². The van der Waals surface area contributed by atoms with E-state index in [1.54, 1.807) is 7.11 Å².